The van der Waals surface area contributed by atoms with Gasteiger partial charge in [-0.3, -0.25) is 9.78 Å². The summed E-state index contributed by atoms with van der Waals surface area (Å²) in [6, 6.07) is 5.23. The molecular formula is C11H12N4OS. The van der Waals surface area contributed by atoms with Gasteiger partial charge in [-0.2, -0.15) is 0 Å². The molecule has 0 bridgehead atoms. The van der Waals surface area contributed by atoms with Crippen LogP contribution in [0.2, 0.25) is 0 Å². The molecule has 2 aromatic rings. The van der Waals surface area contributed by atoms with Crippen LogP contribution in [0, 0.1) is 0 Å². The molecule has 0 unspecified atom stereocenters. The van der Waals surface area contributed by atoms with Gasteiger partial charge in [-0.15, -0.1) is 11.3 Å². The third kappa shape index (κ3) is 3.01. The van der Waals surface area contributed by atoms with E-state index >= 15 is 0 Å². The normalized spacial score (nSPS) is 9.94. The Hall–Kier alpha value is -1.95. The summed E-state index contributed by atoms with van der Waals surface area (Å²) in [5.74, 6) is -0.190. The van der Waals surface area contributed by atoms with Crippen LogP contribution in [0.5, 0.6) is 0 Å². The summed E-state index contributed by atoms with van der Waals surface area (Å²) in [6.07, 6.45) is 1.59. The van der Waals surface area contributed by atoms with Gasteiger partial charge in [0.2, 0.25) is 0 Å². The van der Waals surface area contributed by atoms with E-state index in [1.54, 1.807) is 24.4 Å². The van der Waals surface area contributed by atoms with Gasteiger partial charge in [0.15, 0.2) is 5.13 Å². The lowest BCUT2D eigenvalue weighted by Crippen LogP contribution is -2.23. The molecule has 88 valence electrons. The monoisotopic (exact) mass is 248 g/mol. The third-order valence-electron chi connectivity index (χ3n) is 2.09. The summed E-state index contributed by atoms with van der Waals surface area (Å²) in [6.45, 7) is 0.410. The molecule has 0 aliphatic rings. The number of pyridine rings is 1. The zero-order valence-electron chi connectivity index (χ0n) is 9.30. The Morgan fingerprint density at radius 3 is 3.00 bits per heavy atom. The largest absolute Gasteiger partial charge is 0.365 e. The second-order valence-electron chi connectivity index (χ2n) is 3.29. The Bertz CT molecular complexity index is 497. The molecule has 2 N–H and O–H groups in total. The molecule has 1 amide bonds. The average molecular weight is 248 g/mol. The minimum atomic E-state index is -0.190. The number of carbonyl (C=O) groups excluding carboxylic acids is 1. The van der Waals surface area contributed by atoms with Crippen LogP contribution in [0.4, 0.5) is 5.13 Å². The summed E-state index contributed by atoms with van der Waals surface area (Å²) < 4.78 is 0. The van der Waals surface area contributed by atoms with E-state index in [9.17, 15) is 4.79 Å². The van der Waals surface area contributed by atoms with Crippen molar-refractivity contribution >= 4 is 22.4 Å². The Kier molecular flexibility index (Phi) is 3.66. The zero-order valence-corrected chi connectivity index (χ0v) is 10.1. The van der Waals surface area contributed by atoms with E-state index in [4.69, 9.17) is 0 Å². The number of amides is 1. The molecule has 2 heterocycles. The first-order valence-corrected chi connectivity index (χ1v) is 5.99. The molecule has 0 atom stereocenters. The Morgan fingerprint density at radius 1 is 1.47 bits per heavy atom. The van der Waals surface area contributed by atoms with Crippen LogP contribution >= 0.6 is 11.3 Å². The number of aromatic nitrogens is 2. The second kappa shape index (κ2) is 5.40. The minimum absolute atomic E-state index is 0.190. The summed E-state index contributed by atoms with van der Waals surface area (Å²) in [4.78, 5) is 19.9. The standard InChI is InChI=1S/C11H12N4OS/c1-12-11-15-8(7-17-11)6-14-10(16)9-4-2-3-5-13-9/h2-5,7H,6H2,1H3,(H,12,15)(H,14,16). The van der Waals surface area contributed by atoms with Crippen molar-refractivity contribution in [3.05, 3.63) is 41.2 Å². The maximum absolute atomic E-state index is 11.7. The number of nitrogens with one attached hydrogen (secondary N) is 2. The third-order valence-corrected chi connectivity index (χ3v) is 3.00. The van der Waals surface area contributed by atoms with Gasteiger partial charge in [0, 0.05) is 18.6 Å². The number of hydrogen-bond donors (Lipinski definition) is 2. The van der Waals surface area contributed by atoms with Crippen LogP contribution in [0.1, 0.15) is 16.2 Å². The Balaban J connectivity index is 1.92. The van der Waals surface area contributed by atoms with E-state index < -0.39 is 0 Å². The number of thiazole rings is 1. The van der Waals surface area contributed by atoms with Gasteiger partial charge < -0.3 is 10.6 Å². The second-order valence-corrected chi connectivity index (χ2v) is 4.15. The van der Waals surface area contributed by atoms with E-state index in [2.05, 4.69) is 20.6 Å². The van der Waals surface area contributed by atoms with E-state index in [1.165, 1.54) is 11.3 Å². The van der Waals surface area contributed by atoms with Gasteiger partial charge in [0.1, 0.15) is 5.69 Å². The zero-order chi connectivity index (χ0) is 12.1. The number of anilines is 1. The molecule has 0 aromatic carbocycles. The van der Waals surface area contributed by atoms with Crippen molar-refractivity contribution in [3.63, 3.8) is 0 Å². The van der Waals surface area contributed by atoms with E-state index in [0.717, 1.165) is 10.8 Å². The van der Waals surface area contributed by atoms with Gasteiger partial charge in [0.05, 0.1) is 12.2 Å². The highest BCUT2D eigenvalue weighted by Crippen LogP contribution is 2.13. The lowest BCUT2D eigenvalue weighted by molar-refractivity contribution is 0.0945. The lowest BCUT2D eigenvalue weighted by Gasteiger charge is -2.01. The molecule has 0 aliphatic heterocycles. The first kappa shape index (κ1) is 11.5. The van der Waals surface area contributed by atoms with Crippen molar-refractivity contribution in [2.45, 2.75) is 6.54 Å². The van der Waals surface area contributed by atoms with Crippen LogP contribution in [0.15, 0.2) is 29.8 Å². The number of nitrogens with zero attached hydrogens (tertiary/aromatic N) is 2. The van der Waals surface area contributed by atoms with Gasteiger partial charge in [-0.25, -0.2) is 4.98 Å². The summed E-state index contributed by atoms with van der Waals surface area (Å²) in [5, 5.41) is 8.46. The molecule has 6 heteroatoms. The molecule has 0 saturated heterocycles. The van der Waals surface area contributed by atoms with Crippen molar-refractivity contribution in [2.75, 3.05) is 12.4 Å². The molecule has 0 aliphatic carbocycles. The van der Waals surface area contributed by atoms with E-state index in [1.807, 2.05) is 12.4 Å². The molecule has 2 aromatic heterocycles. The van der Waals surface area contributed by atoms with Crippen molar-refractivity contribution < 1.29 is 4.79 Å². The topological polar surface area (TPSA) is 66.9 Å². The predicted octanol–water partition coefficient (Wildman–Crippen LogP) is 1.51. The van der Waals surface area contributed by atoms with Gasteiger partial charge >= 0.3 is 0 Å². The summed E-state index contributed by atoms with van der Waals surface area (Å²) in [5.41, 5.74) is 1.25. The Labute approximate surface area is 103 Å². The summed E-state index contributed by atoms with van der Waals surface area (Å²) in [7, 11) is 1.81. The number of hydrogen-bond acceptors (Lipinski definition) is 5. The quantitative estimate of drug-likeness (QED) is 0.860. The molecular weight excluding hydrogens is 236 g/mol. The first-order valence-electron chi connectivity index (χ1n) is 5.11. The highest BCUT2D eigenvalue weighted by molar-refractivity contribution is 7.13. The number of carbonyl (C=O) groups is 1. The predicted molar refractivity (Wildman–Crippen MR) is 67.1 cm³/mol. The van der Waals surface area contributed by atoms with Crippen LogP contribution in [0.25, 0.3) is 0 Å². The molecule has 17 heavy (non-hydrogen) atoms. The Morgan fingerprint density at radius 2 is 2.35 bits per heavy atom. The van der Waals surface area contributed by atoms with Crippen LogP contribution in [-0.2, 0) is 6.54 Å². The highest BCUT2D eigenvalue weighted by Gasteiger charge is 2.06. The molecule has 0 fully saturated rings. The van der Waals surface area contributed by atoms with Crippen molar-refractivity contribution in [1.82, 2.24) is 15.3 Å². The fourth-order valence-electron chi connectivity index (χ4n) is 1.26. The minimum Gasteiger partial charge on any atom is -0.365 e. The molecule has 0 radical (unpaired) electrons. The van der Waals surface area contributed by atoms with Gasteiger partial charge in [-0.05, 0) is 12.1 Å². The van der Waals surface area contributed by atoms with Gasteiger partial charge in [-0.1, -0.05) is 6.07 Å². The van der Waals surface area contributed by atoms with Crippen LogP contribution in [0.3, 0.4) is 0 Å². The van der Waals surface area contributed by atoms with Crippen LogP contribution < -0.4 is 10.6 Å². The smallest absolute Gasteiger partial charge is 0.270 e. The lowest BCUT2D eigenvalue weighted by atomic mass is 10.3. The van der Waals surface area contributed by atoms with E-state index in [0.29, 0.717) is 12.2 Å². The highest BCUT2D eigenvalue weighted by atomic mass is 32.1. The molecule has 0 saturated carbocycles. The van der Waals surface area contributed by atoms with E-state index in [-0.39, 0.29) is 5.91 Å². The molecule has 0 spiro atoms. The van der Waals surface area contributed by atoms with Crippen molar-refractivity contribution in [3.8, 4) is 0 Å². The SMILES string of the molecule is CNc1nc(CNC(=O)c2ccccn2)cs1. The average Bonchev–Trinajstić information content (AvgIpc) is 2.85. The first-order chi connectivity index (χ1) is 8.29. The van der Waals surface area contributed by atoms with Crippen LogP contribution in [-0.4, -0.2) is 22.9 Å². The molecule has 2 rings (SSSR count). The van der Waals surface area contributed by atoms with Crippen molar-refractivity contribution in [1.29, 1.82) is 0 Å². The maximum atomic E-state index is 11.7. The fraction of sp³-hybridized carbons (Fsp3) is 0.182. The van der Waals surface area contributed by atoms with Gasteiger partial charge in [0.25, 0.3) is 5.91 Å². The summed E-state index contributed by atoms with van der Waals surface area (Å²) >= 11 is 1.51. The fourth-order valence-corrected chi connectivity index (χ4v) is 1.93. The maximum Gasteiger partial charge on any atom is 0.270 e. The van der Waals surface area contributed by atoms with Crippen molar-refractivity contribution in [2.24, 2.45) is 0 Å². The number of rotatable bonds is 4. The molecule has 5 nitrogen and oxygen atoms in total.